The molecule has 0 N–H and O–H groups in total. The molecule has 1 aliphatic heterocycles. The van der Waals surface area contributed by atoms with Gasteiger partial charge in [-0.1, -0.05) is 57.5 Å². The molecule has 250 valence electrons. The van der Waals surface area contributed by atoms with Gasteiger partial charge in [0.05, 0.1) is 17.4 Å². The van der Waals surface area contributed by atoms with Gasteiger partial charge in [-0.3, -0.25) is 19.2 Å². The monoisotopic (exact) mass is 682 g/mol. The second kappa shape index (κ2) is 13.6. The third kappa shape index (κ3) is 6.60. The Bertz CT molecular complexity index is 1090. The van der Waals surface area contributed by atoms with Crippen molar-refractivity contribution in [3.63, 3.8) is 0 Å². The lowest BCUT2D eigenvalue weighted by atomic mass is 9.48. The van der Waals surface area contributed by atoms with E-state index in [2.05, 4.69) is 57.5 Å². The molecule has 2 unspecified atom stereocenters. The Morgan fingerprint density at radius 2 is 1.55 bits per heavy atom. The fraction of sp³-hybridized carbons (Fsp3) is 0.886. The van der Waals surface area contributed by atoms with Crippen molar-refractivity contribution in [2.45, 2.75) is 130 Å². The topological polar surface area (TPSA) is 105 Å². The van der Waals surface area contributed by atoms with Crippen LogP contribution < -0.4 is 0 Å². The van der Waals surface area contributed by atoms with Gasteiger partial charge in [0.1, 0.15) is 18.3 Å². The number of fused-ring (bicyclic) bond motifs is 5. The van der Waals surface area contributed by atoms with E-state index >= 15 is 0 Å². The standard InChI is InChI=1S/C35H55BrO8/c1-10-23(18(2)3)32(44-22(7)39)31(36)19(4)25-11-12-26-24-17-41-33(40)28-15-29(42-20(5)37)30(43-21(6)38)16-35(28,9)27(24)13-14-34(25,26)8/h18-19,23-32H,10-17H2,1-9H3/t19-,23-,24-,25+,26-,27-,28+,29-,30+,31?,32?,34+,35+/m0/s1. The van der Waals surface area contributed by atoms with Gasteiger partial charge in [-0.2, -0.15) is 0 Å². The first kappa shape index (κ1) is 35.2. The number of hydrogen-bond acceptors (Lipinski definition) is 8. The maximum Gasteiger partial charge on any atom is 0.309 e. The third-order valence-electron chi connectivity index (χ3n) is 12.5. The summed E-state index contributed by atoms with van der Waals surface area (Å²) in [5.74, 6) is 0.416. The number of hydrogen-bond donors (Lipinski definition) is 0. The van der Waals surface area contributed by atoms with Crippen molar-refractivity contribution in [3.8, 4) is 0 Å². The number of cyclic esters (lactones) is 1. The van der Waals surface area contributed by atoms with Crippen molar-refractivity contribution in [2.24, 2.45) is 58.2 Å². The van der Waals surface area contributed by atoms with E-state index in [1.165, 1.54) is 20.8 Å². The van der Waals surface area contributed by atoms with Crippen LogP contribution in [-0.4, -0.2) is 53.6 Å². The highest BCUT2D eigenvalue weighted by Crippen LogP contribution is 2.66. The summed E-state index contributed by atoms with van der Waals surface area (Å²) in [7, 11) is 0. The van der Waals surface area contributed by atoms with Crippen LogP contribution in [0.3, 0.4) is 0 Å². The van der Waals surface area contributed by atoms with Crippen molar-refractivity contribution in [1.29, 1.82) is 0 Å². The Labute approximate surface area is 272 Å². The molecule has 9 heteroatoms. The Hall–Kier alpha value is -1.64. The number of carbonyl (C=O) groups excluding carboxylic acids is 4. The highest BCUT2D eigenvalue weighted by atomic mass is 79.9. The lowest BCUT2D eigenvalue weighted by Crippen LogP contribution is -2.56. The summed E-state index contributed by atoms with van der Waals surface area (Å²) in [4.78, 5) is 49.9. The van der Waals surface area contributed by atoms with Crippen LogP contribution in [0.4, 0.5) is 0 Å². The highest BCUT2D eigenvalue weighted by molar-refractivity contribution is 9.09. The minimum absolute atomic E-state index is 0.0342. The summed E-state index contributed by atoms with van der Waals surface area (Å²) in [6.07, 6.45) is 4.40. The molecule has 8 nitrogen and oxygen atoms in total. The summed E-state index contributed by atoms with van der Waals surface area (Å²) < 4.78 is 23.4. The van der Waals surface area contributed by atoms with E-state index in [-0.39, 0.29) is 52.0 Å². The third-order valence-corrected chi connectivity index (χ3v) is 13.9. The molecule has 0 radical (unpaired) electrons. The maximum atomic E-state index is 13.6. The first-order chi connectivity index (χ1) is 20.5. The summed E-state index contributed by atoms with van der Waals surface area (Å²) >= 11 is 4.07. The summed E-state index contributed by atoms with van der Waals surface area (Å²) in [6, 6.07) is 0. The van der Waals surface area contributed by atoms with Crippen LogP contribution in [0.1, 0.15) is 107 Å². The predicted octanol–water partition coefficient (Wildman–Crippen LogP) is 6.90. The number of rotatable bonds is 9. The van der Waals surface area contributed by atoms with Crippen LogP contribution in [0.5, 0.6) is 0 Å². The van der Waals surface area contributed by atoms with Gasteiger partial charge >= 0.3 is 23.9 Å². The molecule has 3 saturated carbocycles. The number of carbonyl (C=O) groups is 4. The van der Waals surface area contributed by atoms with Crippen LogP contribution in [0, 0.1) is 58.2 Å². The van der Waals surface area contributed by atoms with Crippen molar-refractivity contribution in [1.82, 2.24) is 0 Å². The van der Waals surface area contributed by atoms with Crippen molar-refractivity contribution in [2.75, 3.05) is 6.61 Å². The van der Waals surface area contributed by atoms with Crippen LogP contribution in [-0.2, 0) is 38.1 Å². The molecule has 4 fully saturated rings. The molecule has 0 spiro atoms. The van der Waals surface area contributed by atoms with Crippen LogP contribution >= 0.6 is 15.9 Å². The van der Waals surface area contributed by atoms with E-state index in [9.17, 15) is 19.2 Å². The molecule has 0 aromatic carbocycles. The zero-order valence-corrected chi connectivity index (χ0v) is 29.8. The highest BCUT2D eigenvalue weighted by Gasteiger charge is 2.64. The van der Waals surface area contributed by atoms with E-state index in [0.717, 1.165) is 32.1 Å². The van der Waals surface area contributed by atoms with Gasteiger partial charge in [0.15, 0.2) is 0 Å². The van der Waals surface area contributed by atoms with Gasteiger partial charge in [0, 0.05) is 27.2 Å². The largest absolute Gasteiger partial charge is 0.465 e. The first-order valence-corrected chi connectivity index (χ1v) is 17.8. The Kier molecular flexibility index (Phi) is 10.9. The maximum absolute atomic E-state index is 13.6. The number of halogens is 1. The lowest BCUT2D eigenvalue weighted by Gasteiger charge is -2.56. The molecule has 44 heavy (non-hydrogen) atoms. The minimum Gasteiger partial charge on any atom is -0.465 e. The molecule has 0 bridgehead atoms. The van der Waals surface area contributed by atoms with Crippen LogP contribution in [0.15, 0.2) is 0 Å². The molecular formula is C35H55BrO8. The lowest BCUT2D eigenvalue weighted by molar-refractivity contribution is -0.188. The van der Waals surface area contributed by atoms with Crippen LogP contribution in [0.25, 0.3) is 0 Å². The molecule has 0 aromatic rings. The van der Waals surface area contributed by atoms with E-state index in [0.29, 0.717) is 37.2 Å². The Balaban J connectivity index is 1.61. The zero-order valence-electron chi connectivity index (χ0n) is 28.2. The quantitative estimate of drug-likeness (QED) is 0.147. The number of alkyl halides is 1. The normalized spacial score (nSPS) is 39.3. The Morgan fingerprint density at radius 3 is 2.11 bits per heavy atom. The van der Waals surface area contributed by atoms with Gasteiger partial charge in [-0.25, -0.2) is 0 Å². The molecular weight excluding hydrogens is 628 g/mol. The molecule has 3 aliphatic carbocycles. The minimum atomic E-state index is -0.664. The second-order valence-electron chi connectivity index (χ2n) is 15.2. The average Bonchev–Trinajstić information content (AvgIpc) is 3.23. The van der Waals surface area contributed by atoms with Crippen molar-refractivity contribution < 1.29 is 38.1 Å². The van der Waals surface area contributed by atoms with E-state index in [4.69, 9.17) is 18.9 Å². The molecule has 1 heterocycles. The molecule has 0 amide bonds. The van der Waals surface area contributed by atoms with Gasteiger partial charge in [-0.15, -0.1) is 0 Å². The fourth-order valence-corrected chi connectivity index (χ4v) is 11.4. The van der Waals surface area contributed by atoms with Gasteiger partial charge in [0.25, 0.3) is 0 Å². The summed E-state index contributed by atoms with van der Waals surface area (Å²) in [5, 5.41) is 0. The molecule has 1 saturated heterocycles. The van der Waals surface area contributed by atoms with Gasteiger partial charge in [-0.05, 0) is 90.8 Å². The molecule has 0 aromatic heterocycles. The summed E-state index contributed by atoms with van der Waals surface area (Å²) in [5.41, 5.74) is -0.385. The van der Waals surface area contributed by atoms with E-state index in [1.807, 2.05) is 0 Å². The summed E-state index contributed by atoms with van der Waals surface area (Å²) in [6.45, 7) is 18.1. The van der Waals surface area contributed by atoms with E-state index in [1.54, 1.807) is 0 Å². The van der Waals surface area contributed by atoms with E-state index < -0.39 is 35.5 Å². The number of esters is 4. The molecule has 13 atom stereocenters. The molecule has 4 aliphatic rings. The zero-order chi connectivity index (χ0) is 32.7. The second-order valence-corrected chi connectivity index (χ2v) is 16.3. The van der Waals surface area contributed by atoms with Crippen molar-refractivity contribution >= 4 is 39.8 Å². The number of ether oxygens (including phenoxy) is 4. The average molecular weight is 684 g/mol. The fourth-order valence-electron chi connectivity index (χ4n) is 10.5. The van der Waals surface area contributed by atoms with Crippen LogP contribution in [0.2, 0.25) is 0 Å². The SMILES string of the molecule is CC[C@@H](C(C)C)C(OC(C)=O)C(Br)[C@@H](C)[C@H]1CC[C@H]2[C@@H]3COC(=O)[C@H]4C[C@H](OC(C)=O)[C@H](OC(C)=O)C[C@]4(C)[C@H]3CC[C@]12C. The Morgan fingerprint density at radius 1 is 0.932 bits per heavy atom. The predicted molar refractivity (Wildman–Crippen MR) is 169 cm³/mol. The van der Waals surface area contributed by atoms with Gasteiger partial charge in [0.2, 0.25) is 0 Å². The first-order valence-electron chi connectivity index (χ1n) is 16.9. The molecule has 4 rings (SSSR count). The van der Waals surface area contributed by atoms with Gasteiger partial charge < -0.3 is 18.9 Å². The van der Waals surface area contributed by atoms with Crippen molar-refractivity contribution in [3.05, 3.63) is 0 Å². The smallest absolute Gasteiger partial charge is 0.309 e.